The molecule has 0 aromatic carbocycles. The molecule has 1 aliphatic carbocycles. The van der Waals surface area contributed by atoms with Gasteiger partial charge >= 0.3 is 0 Å². The lowest BCUT2D eigenvalue weighted by atomic mass is 9.85. The molecule has 4 heteroatoms. The van der Waals surface area contributed by atoms with Crippen molar-refractivity contribution in [3.63, 3.8) is 0 Å². The Bertz CT molecular complexity index is 425. The molecule has 0 aromatic heterocycles. The molecular formula is C14H22O3Si. The summed E-state index contributed by atoms with van der Waals surface area (Å²) >= 11 is 0. The summed E-state index contributed by atoms with van der Waals surface area (Å²) < 4.78 is 11.0. The van der Waals surface area contributed by atoms with E-state index >= 15 is 0 Å². The largest absolute Gasteiger partial charge is 0.497 e. The molecule has 0 amide bonds. The van der Waals surface area contributed by atoms with Gasteiger partial charge in [0.25, 0.3) is 0 Å². The van der Waals surface area contributed by atoms with Crippen molar-refractivity contribution in [1.29, 1.82) is 0 Å². The van der Waals surface area contributed by atoms with Crippen molar-refractivity contribution in [1.82, 2.24) is 0 Å². The van der Waals surface area contributed by atoms with E-state index in [4.69, 9.17) is 9.47 Å². The van der Waals surface area contributed by atoms with E-state index in [1.54, 1.807) is 7.11 Å². The number of hydrogen-bond acceptors (Lipinski definition) is 3. The highest BCUT2D eigenvalue weighted by atomic mass is 28.3. The van der Waals surface area contributed by atoms with Crippen LogP contribution in [0.2, 0.25) is 19.6 Å². The summed E-state index contributed by atoms with van der Waals surface area (Å²) in [5.74, 6) is 4.72. The molecule has 0 aromatic rings. The highest BCUT2D eigenvalue weighted by Crippen LogP contribution is 2.45. The Kier molecular flexibility index (Phi) is 3.48. The molecule has 3 nitrogen and oxygen atoms in total. The zero-order valence-electron chi connectivity index (χ0n) is 11.7. The van der Waals surface area contributed by atoms with Crippen molar-refractivity contribution < 1.29 is 14.6 Å². The zero-order chi connectivity index (χ0) is 13.4. The van der Waals surface area contributed by atoms with E-state index < -0.39 is 13.7 Å². The van der Waals surface area contributed by atoms with Gasteiger partial charge in [0, 0.05) is 6.42 Å². The Hall–Kier alpha value is -0.923. The fourth-order valence-electron chi connectivity index (χ4n) is 2.49. The van der Waals surface area contributed by atoms with Gasteiger partial charge < -0.3 is 14.6 Å². The Labute approximate surface area is 110 Å². The molecule has 1 saturated heterocycles. The van der Waals surface area contributed by atoms with Crippen LogP contribution in [0.15, 0.2) is 11.5 Å². The molecule has 1 aliphatic heterocycles. The fourth-order valence-corrected chi connectivity index (χ4v) is 3.08. The minimum Gasteiger partial charge on any atom is -0.497 e. The molecule has 1 fully saturated rings. The highest BCUT2D eigenvalue weighted by Gasteiger charge is 2.48. The van der Waals surface area contributed by atoms with E-state index in [-0.39, 0.29) is 5.92 Å². The van der Waals surface area contributed by atoms with Crippen LogP contribution >= 0.6 is 0 Å². The van der Waals surface area contributed by atoms with E-state index in [9.17, 15) is 5.11 Å². The lowest BCUT2D eigenvalue weighted by Crippen LogP contribution is -2.36. The first-order valence-corrected chi connectivity index (χ1v) is 10.0. The first-order chi connectivity index (χ1) is 8.36. The van der Waals surface area contributed by atoms with E-state index in [0.29, 0.717) is 6.42 Å². The van der Waals surface area contributed by atoms with Crippen molar-refractivity contribution in [3.8, 4) is 11.5 Å². The maximum absolute atomic E-state index is 10.8. The minimum atomic E-state index is -1.48. The number of rotatable bonds is 1. The lowest BCUT2D eigenvalue weighted by Gasteiger charge is -2.30. The third-order valence-electron chi connectivity index (χ3n) is 3.39. The number of ether oxygens (including phenoxy) is 2. The lowest BCUT2D eigenvalue weighted by molar-refractivity contribution is 0.0162. The molecule has 0 unspecified atom stereocenters. The molecular weight excluding hydrogens is 244 g/mol. The van der Waals surface area contributed by atoms with Crippen LogP contribution in [0, 0.1) is 17.4 Å². The molecule has 0 spiro atoms. The van der Waals surface area contributed by atoms with Gasteiger partial charge in [-0.15, -0.1) is 5.54 Å². The molecule has 2 rings (SSSR count). The summed E-state index contributed by atoms with van der Waals surface area (Å²) in [6, 6.07) is 0. The molecule has 1 heterocycles. The van der Waals surface area contributed by atoms with Crippen molar-refractivity contribution >= 4 is 8.07 Å². The normalized spacial score (nSPS) is 31.3. The SMILES string of the molecule is COC1=C2OCCC[C@H]2[C@](O)(C#C[Si](C)(C)C)C1. The van der Waals surface area contributed by atoms with E-state index in [2.05, 4.69) is 31.1 Å². The number of fused-ring (bicyclic) bond motifs is 1. The van der Waals surface area contributed by atoms with E-state index in [0.717, 1.165) is 31.0 Å². The van der Waals surface area contributed by atoms with Crippen LogP contribution in [-0.4, -0.2) is 32.5 Å². The van der Waals surface area contributed by atoms with Crippen LogP contribution in [-0.2, 0) is 9.47 Å². The molecule has 0 saturated carbocycles. The quantitative estimate of drug-likeness (QED) is 0.584. The first-order valence-electron chi connectivity index (χ1n) is 6.52. The van der Waals surface area contributed by atoms with Gasteiger partial charge in [-0.2, -0.15) is 0 Å². The number of hydrogen-bond donors (Lipinski definition) is 1. The van der Waals surface area contributed by atoms with Crippen LogP contribution < -0.4 is 0 Å². The highest BCUT2D eigenvalue weighted by molar-refractivity contribution is 6.83. The van der Waals surface area contributed by atoms with Gasteiger partial charge in [-0.25, -0.2) is 0 Å². The van der Waals surface area contributed by atoms with Gasteiger partial charge in [0.2, 0.25) is 0 Å². The molecule has 0 bridgehead atoms. The molecule has 1 N–H and O–H groups in total. The summed E-state index contributed by atoms with van der Waals surface area (Å²) in [6.45, 7) is 7.26. The Balaban J connectivity index is 2.28. The van der Waals surface area contributed by atoms with Gasteiger partial charge in [-0.1, -0.05) is 25.6 Å². The van der Waals surface area contributed by atoms with Crippen molar-refractivity contribution in [3.05, 3.63) is 11.5 Å². The van der Waals surface area contributed by atoms with Gasteiger partial charge in [-0.05, 0) is 12.8 Å². The second kappa shape index (κ2) is 4.64. The maximum Gasteiger partial charge on any atom is 0.141 e. The Morgan fingerprint density at radius 2 is 2.17 bits per heavy atom. The predicted molar refractivity (Wildman–Crippen MR) is 73.4 cm³/mol. The van der Waals surface area contributed by atoms with Crippen LogP contribution in [0.1, 0.15) is 19.3 Å². The van der Waals surface area contributed by atoms with Crippen LogP contribution in [0.3, 0.4) is 0 Å². The van der Waals surface area contributed by atoms with Gasteiger partial charge in [-0.3, -0.25) is 0 Å². The molecule has 100 valence electrons. The molecule has 2 aliphatic rings. The third-order valence-corrected chi connectivity index (χ3v) is 4.27. The van der Waals surface area contributed by atoms with Crippen molar-refractivity contribution in [2.24, 2.45) is 5.92 Å². The minimum absolute atomic E-state index is 0.00921. The Morgan fingerprint density at radius 1 is 1.44 bits per heavy atom. The maximum atomic E-state index is 10.8. The molecule has 18 heavy (non-hydrogen) atoms. The summed E-state index contributed by atoms with van der Waals surface area (Å²) in [6.07, 6.45) is 2.36. The average molecular weight is 266 g/mol. The van der Waals surface area contributed by atoms with E-state index in [1.165, 1.54) is 0 Å². The number of aliphatic hydroxyl groups is 1. The van der Waals surface area contributed by atoms with Gasteiger partial charge in [0.05, 0.1) is 19.6 Å². The standard InChI is InChI=1S/C14H22O3Si/c1-16-12-10-14(15,7-9-18(2,3)4)11-6-5-8-17-13(11)12/h11,15H,5-6,8,10H2,1-4H3/t11-,14+/m1/s1. The van der Waals surface area contributed by atoms with E-state index in [1.807, 2.05) is 0 Å². The topological polar surface area (TPSA) is 38.7 Å². The monoisotopic (exact) mass is 266 g/mol. The first kappa shape index (κ1) is 13.5. The second-order valence-corrected chi connectivity index (χ2v) is 10.9. The van der Waals surface area contributed by atoms with Gasteiger partial charge in [0.15, 0.2) is 0 Å². The molecule has 0 radical (unpaired) electrons. The summed E-state index contributed by atoms with van der Waals surface area (Å²) in [5, 5.41) is 10.8. The fraction of sp³-hybridized carbons (Fsp3) is 0.714. The van der Waals surface area contributed by atoms with Crippen LogP contribution in [0.5, 0.6) is 0 Å². The summed E-state index contributed by atoms with van der Waals surface area (Å²) in [5.41, 5.74) is 2.30. The van der Waals surface area contributed by atoms with Crippen LogP contribution in [0.25, 0.3) is 0 Å². The molecule has 2 atom stereocenters. The summed E-state index contributed by atoms with van der Waals surface area (Å²) in [7, 11) is 0.152. The number of methoxy groups -OCH3 is 1. The van der Waals surface area contributed by atoms with Crippen molar-refractivity contribution in [2.75, 3.05) is 13.7 Å². The second-order valence-electron chi connectivity index (χ2n) is 6.14. The van der Waals surface area contributed by atoms with Crippen LogP contribution in [0.4, 0.5) is 0 Å². The predicted octanol–water partition coefficient (Wildman–Crippen LogP) is 2.29. The summed E-state index contributed by atoms with van der Waals surface area (Å²) in [4.78, 5) is 0. The Morgan fingerprint density at radius 3 is 2.78 bits per heavy atom. The third kappa shape index (κ3) is 2.57. The smallest absolute Gasteiger partial charge is 0.141 e. The van der Waals surface area contributed by atoms with Crippen molar-refractivity contribution in [2.45, 2.75) is 44.5 Å². The zero-order valence-corrected chi connectivity index (χ0v) is 12.7. The van der Waals surface area contributed by atoms with Gasteiger partial charge in [0.1, 0.15) is 25.2 Å². The average Bonchev–Trinajstić information content (AvgIpc) is 2.61.